The summed E-state index contributed by atoms with van der Waals surface area (Å²) in [4.78, 5) is 15.8. The Balaban J connectivity index is 2.18. The predicted octanol–water partition coefficient (Wildman–Crippen LogP) is 6.21. The van der Waals surface area contributed by atoms with Crippen molar-refractivity contribution >= 4 is 18.1 Å². The number of methoxy groups -OCH3 is 1. The SMILES string of the molecule is COc1ccccc1[C@@H](O)c1cccc(/C=C/c2ccccc2)c1C(=O)N(C(C)C)C(C)C. The fourth-order valence-electron chi connectivity index (χ4n) is 4.21. The lowest BCUT2D eigenvalue weighted by Crippen LogP contribution is -2.42. The molecule has 0 aliphatic rings. The summed E-state index contributed by atoms with van der Waals surface area (Å²) in [5.74, 6) is 0.482. The molecule has 0 radical (unpaired) electrons. The number of hydrogen-bond donors (Lipinski definition) is 1. The molecule has 4 heteroatoms. The quantitative estimate of drug-likeness (QED) is 0.421. The number of ether oxygens (including phenoxy) is 1. The van der Waals surface area contributed by atoms with E-state index in [9.17, 15) is 9.90 Å². The first-order valence-electron chi connectivity index (χ1n) is 11.3. The van der Waals surface area contributed by atoms with E-state index < -0.39 is 6.10 Å². The van der Waals surface area contributed by atoms with E-state index in [1.54, 1.807) is 7.11 Å². The number of para-hydroxylation sites is 1. The van der Waals surface area contributed by atoms with Gasteiger partial charge in [-0.15, -0.1) is 0 Å². The number of carbonyl (C=O) groups excluding carboxylic acids is 1. The molecule has 33 heavy (non-hydrogen) atoms. The van der Waals surface area contributed by atoms with Gasteiger partial charge in [-0.2, -0.15) is 0 Å². The first-order valence-corrected chi connectivity index (χ1v) is 11.3. The highest BCUT2D eigenvalue weighted by Crippen LogP contribution is 2.34. The van der Waals surface area contributed by atoms with Crippen LogP contribution in [-0.4, -0.2) is 35.1 Å². The van der Waals surface area contributed by atoms with Gasteiger partial charge in [0, 0.05) is 17.6 Å². The molecular formula is C29H33NO3. The lowest BCUT2D eigenvalue weighted by molar-refractivity contribution is 0.0638. The number of rotatable bonds is 8. The van der Waals surface area contributed by atoms with Gasteiger partial charge in [0.25, 0.3) is 5.91 Å². The molecule has 0 aliphatic heterocycles. The lowest BCUT2D eigenvalue weighted by atomic mass is 9.91. The van der Waals surface area contributed by atoms with Gasteiger partial charge in [0.05, 0.1) is 12.7 Å². The van der Waals surface area contributed by atoms with Gasteiger partial charge >= 0.3 is 0 Å². The molecule has 1 amide bonds. The van der Waals surface area contributed by atoms with Crippen LogP contribution in [0.5, 0.6) is 5.75 Å². The van der Waals surface area contributed by atoms with Crippen LogP contribution in [0.15, 0.2) is 72.8 Å². The first kappa shape index (κ1) is 24.3. The molecule has 3 aromatic rings. The predicted molar refractivity (Wildman–Crippen MR) is 135 cm³/mol. The molecule has 4 nitrogen and oxygen atoms in total. The van der Waals surface area contributed by atoms with Crippen LogP contribution in [-0.2, 0) is 0 Å². The molecule has 1 atom stereocenters. The summed E-state index contributed by atoms with van der Waals surface area (Å²) >= 11 is 0. The minimum absolute atomic E-state index is 0.0138. The summed E-state index contributed by atoms with van der Waals surface area (Å²) < 4.78 is 5.48. The zero-order chi connectivity index (χ0) is 24.0. The van der Waals surface area contributed by atoms with Crippen LogP contribution in [0.25, 0.3) is 12.2 Å². The Labute approximate surface area is 197 Å². The molecule has 0 bridgehead atoms. The van der Waals surface area contributed by atoms with Crippen molar-refractivity contribution < 1.29 is 14.6 Å². The van der Waals surface area contributed by atoms with Crippen molar-refractivity contribution in [1.29, 1.82) is 0 Å². The maximum absolute atomic E-state index is 13.9. The van der Waals surface area contributed by atoms with Crippen LogP contribution >= 0.6 is 0 Å². The normalized spacial score (nSPS) is 12.4. The standard InChI is InChI=1S/C29H33NO3/c1-20(2)30(21(3)4)29(32)27-23(19-18-22-12-7-6-8-13-22)14-11-16-25(27)28(31)24-15-9-10-17-26(24)33-5/h6-21,28,31H,1-5H3/b19-18+/t28-/m1/s1. The van der Waals surface area contributed by atoms with Gasteiger partial charge in [0.1, 0.15) is 11.9 Å². The van der Waals surface area contributed by atoms with E-state index in [1.807, 2.05) is 118 Å². The molecule has 172 valence electrons. The molecule has 0 fully saturated rings. The minimum Gasteiger partial charge on any atom is -0.496 e. The number of benzene rings is 3. The highest BCUT2D eigenvalue weighted by atomic mass is 16.5. The summed E-state index contributed by atoms with van der Waals surface area (Å²) in [6, 6.07) is 23.0. The molecule has 0 aromatic heterocycles. The van der Waals surface area contributed by atoms with Gasteiger partial charge in [-0.25, -0.2) is 0 Å². The van der Waals surface area contributed by atoms with Crippen molar-refractivity contribution in [3.63, 3.8) is 0 Å². The number of amides is 1. The Kier molecular flexibility index (Phi) is 8.07. The first-order chi connectivity index (χ1) is 15.8. The summed E-state index contributed by atoms with van der Waals surface area (Å²) in [7, 11) is 1.58. The Morgan fingerprint density at radius 2 is 1.42 bits per heavy atom. The molecule has 3 aromatic carbocycles. The Morgan fingerprint density at radius 1 is 0.818 bits per heavy atom. The highest BCUT2D eigenvalue weighted by Gasteiger charge is 2.29. The third-order valence-corrected chi connectivity index (χ3v) is 5.67. The van der Waals surface area contributed by atoms with E-state index >= 15 is 0 Å². The lowest BCUT2D eigenvalue weighted by Gasteiger charge is -2.32. The van der Waals surface area contributed by atoms with Gasteiger partial charge in [0.2, 0.25) is 0 Å². The van der Waals surface area contributed by atoms with Gasteiger partial charge in [-0.3, -0.25) is 4.79 Å². The minimum atomic E-state index is -1.01. The molecule has 3 rings (SSSR count). The molecule has 0 saturated heterocycles. The van der Waals surface area contributed by atoms with Crippen molar-refractivity contribution in [3.05, 3.63) is 101 Å². The van der Waals surface area contributed by atoms with Crippen LogP contribution in [0.3, 0.4) is 0 Å². The molecule has 0 heterocycles. The maximum atomic E-state index is 13.9. The van der Waals surface area contributed by atoms with Crippen LogP contribution in [0.4, 0.5) is 0 Å². The Bertz CT molecular complexity index is 1090. The fraction of sp³-hybridized carbons (Fsp3) is 0.276. The fourth-order valence-corrected chi connectivity index (χ4v) is 4.21. The third-order valence-electron chi connectivity index (χ3n) is 5.67. The maximum Gasteiger partial charge on any atom is 0.255 e. The largest absolute Gasteiger partial charge is 0.496 e. The van der Waals surface area contributed by atoms with E-state index in [4.69, 9.17) is 4.74 Å². The van der Waals surface area contributed by atoms with Crippen molar-refractivity contribution in [2.45, 2.75) is 45.9 Å². The van der Waals surface area contributed by atoms with Crippen LogP contribution in [0.2, 0.25) is 0 Å². The average Bonchev–Trinajstić information content (AvgIpc) is 2.82. The summed E-state index contributed by atoms with van der Waals surface area (Å²) in [5.41, 5.74) is 3.49. The Hall–Kier alpha value is -3.37. The number of nitrogens with zero attached hydrogens (tertiary/aromatic N) is 1. The molecule has 0 aliphatic carbocycles. The number of carbonyl (C=O) groups is 1. The van der Waals surface area contributed by atoms with Crippen molar-refractivity contribution in [3.8, 4) is 5.75 Å². The van der Waals surface area contributed by atoms with E-state index in [1.165, 1.54) is 0 Å². The third kappa shape index (κ3) is 5.52. The van der Waals surface area contributed by atoms with Gasteiger partial charge in [0.15, 0.2) is 0 Å². The van der Waals surface area contributed by atoms with Gasteiger partial charge in [-0.1, -0.05) is 78.9 Å². The van der Waals surface area contributed by atoms with E-state index in [0.717, 1.165) is 11.1 Å². The second kappa shape index (κ2) is 11.0. The van der Waals surface area contributed by atoms with Gasteiger partial charge < -0.3 is 14.7 Å². The zero-order valence-electron chi connectivity index (χ0n) is 20.0. The van der Waals surface area contributed by atoms with Crippen LogP contribution < -0.4 is 4.74 Å². The zero-order valence-corrected chi connectivity index (χ0v) is 20.0. The number of hydrogen-bond acceptors (Lipinski definition) is 3. The molecule has 0 spiro atoms. The van der Waals surface area contributed by atoms with Crippen molar-refractivity contribution in [1.82, 2.24) is 4.90 Å². The van der Waals surface area contributed by atoms with Crippen LogP contribution in [0.1, 0.15) is 66.4 Å². The smallest absolute Gasteiger partial charge is 0.255 e. The summed E-state index contributed by atoms with van der Waals surface area (Å²) in [6.07, 6.45) is 2.92. The van der Waals surface area contributed by atoms with Gasteiger partial charge in [-0.05, 0) is 50.5 Å². The monoisotopic (exact) mass is 443 g/mol. The highest BCUT2D eigenvalue weighted by molar-refractivity contribution is 6.00. The van der Waals surface area contributed by atoms with E-state index in [-0.39, 0.29) is 18.0 Å². The molecule has 0 saturated carbocycles. The number of aliphatic hydroxyl groups is 1. The molecule has 0 unspecified atom stereocenters. The number of aliphatic hydroxyl groups excluding tert-OH is 1. The Morgan fingerprint density at radius 3 is 2.06 bits per heavy atom. The molecule has 1 N–H and O–H groups in total. The average molecular weight is 444 g/mol. The second-order valence-electron chi connectivity index (χ2n) is 8.60. The van der Waals surface area contributed by atoms with Crippen molar-refractivity contribution in [2.24, 2.45) is 0 Å². The summed E-state index contributed by atoms with van der Waals surface area (Å²) in [5, 5.41) is 11.4. The molecular weight excluding hydrogens is 410 g/mol. The second-order valence-corrected chi connectivity index (χ2v) is 8.60. The van der Waals surface area contributed by atoms with Crippen LogP contribution in [0, 0.1) is 0 Å². The topological polar surface area (TPSA) is 49.8 Å². The van der Waals surface area contributed by atoms with E-state index in [0.29, 0.717) is 22.4 Å². The van der Waals surface area contributed by atoms with E-state index in [2.05, 4.69) is 0 Å². The summed E-state index contributed by atoms with van der Waals surface area (Å²) in [6.45, 7) is 8.04. The van der Waals surface area contributed by atoms with Crippen molar-refractivity contribution in [2.75, 3.05) is 7.11 Å².